The maximum Gasteiger partial charge on any atom is 0.225 e. The summed E-state index contributed by atoms with van der Waals surface area (Å²) in [5.74, 6) is 0.651. The number of nitrogens with one attached hydrogen (secondary N) is 1. The Bertz CT molecular complexity index is 1210. The number of hydrogen-bond donors (Lipinski definition) is 1. The van der Waals surface area contributed by atoms with Gasteiger partial charge in [-0.05, 0) is 31.0 Å². The van der Waals surface area contributed by atoms with Crippen LogP contribution in [-0.4, -0.2) is 20.9 Å². The van der Waals surface area contributed by atoms with Crippen LogP contribution in [-0.2, 0) is 14.6 Å². The number of carbonyl (C=O) groups is 1. The van der Waals surface area contributed by atoms with Crippen LogP contribution in [0.25, 0.3) is 0 Å². The van der Waals surface area contributed by atoms with Crippen LogP contribution in [0.15, 0.2) is 63.7 Å². The Labute approximate surface area is 187 Å². The molecule has 0 spiro atoms. The molecule has 1 aliphatic rings. The first-order valence-corrected chi connectivity index (χ1v) is 12.6. The summed E-state index contributed by atoms with van der Waals surface area (Å²) >= 11 is 1.37. The van der Waals surface area contributed by atoms with Gasteiger partial charge >= 0.3 is 0 Å². The van der Waals surface area contributed by atoms with Gasteiger partial charge in [0.25, 0.3) is 0 Å². The Morgan fingerprint density at radius 2 is 1.84 bits per heavy atom. The highest BCUT2D eigenvalue weighted by Crippen LogP contribution is 2.47. The monoisotopic (exact) mass is 455 g/mol. The van der Waals surface area contributed by atoms with E-state index in [9.17, 15) is 13.2 Å². The molecule has 1 aliphatic heterocycles. The topological polar surface area (TPSA) is 72.5 Å². The third-order valence-corrected chi connectivity index (χ3v) is 8.28. The molecule has 3 aromatic rings. The summed E-state index contributed by atoms with van der Waals surface area (Å²) in [6.45, 7) is 6.64. The second-order valence-corrected chi connectivity index (χ2v) is 11.0. The van der Waals surface area contributed by atoms with Gasteiger partial charge in [-0.3, -0.25) is 4.79 Å². The van der Waals surface area contributed by atoms with Crippen LogP contribution in [0.3, 0.4) is 0 Å². The van der Waals surface area contributed by atoms with E-state index in [1.54, 1.807) is 29.6 Å². The number of anilines is 1. The first-order valence-electron chi connectivity index (χ1n) is 10.2. The summed E-state index contributed by atoms with van der Waals surface area (Å²) in [5, 5.41) is 4.45. The van der Waals surface area contributed by atoms with Crippen molar-refractivity contribution in [3.8, 4) is 5.75 Å². The molecule has 0 fully saturated rings. The minimum Gasteiger partial charge on any atom is -0.493 e. The molecule has 0 aliphatic carbocycles. The van der Waals surface area contributed by atoms with Gasteiger partial charge in [-0.25, -0.2) is 8.42 Å². The molecule has 1 aromatic heterocycles. The molecule has 0 bridgehead atoms. The molecule has 1 atom stereocenters. The van der Waals surface area contributed by atoms with Crippen LogP contribution in [0.1, 0.15) is 42.2 Å². The highest BCUT2D eigenvalue weighted by atomic mass is 32.2. The Kier molecular flexibility index (Phi) is 5.90. The van der Waals surface area contributed by atoms with E-state index in [0.717, 1.165) is 21.8 Å². The standard InChI is InChI=1S/C24H25NO4S2/c1-15(2)13-29-20-7-5-4-6-18(20)19-12-22(26)25-23-21(14-30-24(19)23)31(27,28)17-10-8-16(3)9-11-17/h4-11,14-15,19H,12-13H2,1-3H3,(H,25,26). The zero-order valence-electron chi connectivity index (χ0n) is 17.7. The number of para-hydroxylation sites is 1. The molecule has 0 radical (unpaired) electrons. The van der Waals surface area contributed by atoms with Crippen LogP contribution >= 0.6 is 11.3 Å². The van der Waals surface area contributed by atoms with Gasteiger partial charge in [0, 0.05) is 28.2 Å². The Morgan fingerprint density at radius 1 is 1.13 bits per heavy atom. The fourth-order valence-corrected chi connectivity index (χ4v) is 6.55. The number of aryl methyl sites for hydroxylation is 1. The molecule has 162 valence electrons. The van der Waals surface area contributed by atoms with Gasteiger partial charge in [0.15, 0.2) is 0 Å². The molecule has 31 heavy (non-hydrogen) atoms. The van der Waals surface area contributed by atoms with Crippen molar-refractivity contribution in [1.82, 2.24) is 0 Å². The van der Waals surface area contributed by atoms with Gasteiger partial charge in [0.1, 0.15) is 10.6 Å². The highest BCUT2D eigenvalue weighted by Gasteiger charge is 2.35. The molecule has 7 heteroatoms. The van der Waals surface area contributed by atoms with E-state index < -0.39 is 9.84 Å². The molecule has 2 aromatic carbocycles. The summed E-state index contributed by atoms with van der Waals surface area (Å²) in [4.78, 5) is 13.8. The molecule has 1 unspecified atom stereocenters. The molecule has 5 nitrogen and oxygen atoms in total. The SMILES string of the molecule is Cc1ccc(S(=O)(=O)c2csc3c2NC(=O)CC3c2ccccc2OCC(C)C)cc1. The van der Waals surface area contributed by atoms with E-state index in [-0.39, 0.29) is 28.0 Å². The van der Waals surface area contributed by atoms with Crippen molar-refractivity contribution < 1.29 is 17.9 Å². The zero-order chi connectivity index (χ0) is 22.2. The lowest BCUT2D eigenvalue weighted by Gasteiger charge is -2.25. The summed E-state index contributed by atoms with van der Waals surface area (Å²) in [7, 11) is -3.75. The minimum atomic E-state index is -3.75. The number of hydrogen-bond acceptors (Lipinski definition) is 5. The summed E-state index contributed by atoms with van der Waals surface area (Å²) in [6.07, 6.45) is 0.250. The van der Waals surface area contributed by atoms with Crippen molar-refractivity contribution in [3.05, 3.63) is 69.9 Å². The van der Waals surface area contributed by atoms with Gasteiger partial charge in [-0.2, -0.15) is 0 Å². The predicted molar refractivity (Wildman–Crippen MR) is 123 cm³/mol. The van der Waals surface area contributed by atoms with Crippen LogP contribution in [0.2, 0.25) is 0 Å². The third kappa shape index (κ3) is 4.25. The van der Waals surface area contributed by atoms with Crippen molar-refractivity contribution >= 4 is 32.8 Å². The molecule has 4 rings (SSSR count). The van der Waals surface area contributed by atoms with E-state index in [4.69, 9.17) is 4.74 Å². The van der Waals surface area contributed by atoms with Crippen molar-refractivity contribution in [2.45, 2.75) is 42.9 Å². The quantitative estimate of drug-likeness (QED) is 0.540. The fourth-order valence-electron chi connectivity index (χ4n) is 3.65. The van der Waals surface area contributed by atoms with E-state index in [2.05, 4.69) is 19.2 Å². The van der Waals surface area contributed by atoms with Gasteiger partial charge in [0.2, 0.25) is 15.7 Å². The number of rotatable bonds is 6. The van der Waals surface area contributed by atoms with Crippen molar-refractivity contribution in [2.24, 2.45) is 5.92 Å². The molecule has 0 saturated carbocycles. The first kappa shape index (κ1) is 21.6. The van der Waals surface area contributed by atoms with E-state index >= 15 is 0 Å². The third-order valence-electron chi connectivity index (χ3n) is 5.24. The van der Waals surface area contributed by atoms with Crippen molar-refractivity contribution in [3.63, 3.8) is 0 Å². The summed E-state index contributed by atoms with van der Waals surface area (Å²) in [6, 6.07) is 14.4. The number of benzene rings is 2. The summed E-state index contributed by atoms with van der Waals surface area (Å²) in [5.41, 5.74) is 2.28. The van der Waals surface area contributed by atoms with Crippen LogP contribution in [0.4, 0.5) is 5.69 Å². The molecular weight excluding hydrogens is 430 g/mol. The maximum absolute atomic E-state index is 13.3. The van der Waals surface area contributed by atoms with Crippen LogP contribution < -0.4 is 10.1 Å². The van der Waals surface area contributed by atoms with Gasteiger partial charge in [-0.15, -0.1) is 11.3 Å². The number of fused-ring (bicyclic) bond motifs is 1. The smallest absolute Gasteiger partial charge is 0.225 e. The normalized spacial score (nSPS) is 16.1. The van der Waals surface area contributed by atoms with E-state index in [0.29, 0.717) is 18.2 Å². The lowest BCUT2D eigenvalue weighted by molar-refractivity contribution is -0.116. The van der Waals surface area contributed by atoms with Crippen LogP contribution in [0, 0.1) is 12.8 Å². The number of amides is 1. The van der Waals surface area contributed by atoms with E-state index in [1.807, 2.05) is 31.2 Å². The number of carbonyl (C=O) groups excluding carboxylic acids is 1. The van der Waals surface area contributed by atoms with Gasteiger partial charge in [0.05, 0.1) is 17.2 Å². The molecule has 1 amide bonds. The average Bonchev–Trinajstić information content (AvgIpc) is 3.17. The zero-order valence-corrected chi connectivity index (χ0v) is 19.3. The van der Waals surface area contributed by atoms with E-state index in [1.165, 1.54) is 11.3 Å². The first-order chi connectivity index (χ1) is 14.8. The molecule has 2 heterocycles. The fraction of sp³-hybridized carbons (Fsp3) is 0.292. The minimum absolute atomic E-state index is 0.148. The second-order valence-electron chi connectivity index (χ2n) is 8.20. The molecule has 1 N–H and O–H groups in total. The van der Waals surface area contributed by atoms with Gasteiger partial charge < -0.3 is 10.1 Å². The maximum atomic E-state index is 13.3. The second kappa shape index (κ2) is 8.48. The summed E-state index contributed by atoms with van der Waals surface area (Å²) < 4.78 is 32.6. The Hall–Kier alpha value is -2.64. The average molecular weight is 456 g/mol. The number of thiophene rings is 1. The predicted octanol–water partition coefficient (Wildman–Crippen LogP) is 5.40. The Balaban J connectivity index is 1.77. The highest BCUT2D eigenvalue weighted by molar-refractivity contribution is 7.91. The van der Waals surface area contributed by atoms with Crippen molar-refractivity contribution in [2.75, 3.05) is 11.9 Å². The Morgan fingerprint density at radius 3 is 2.55 bits per heavy atom. The molecule has 0 saturated heterocycles. The lowest BCUT2D eigenvalue weighted by Crippen LogP contribution is -2.24. The van der Waals surface area contributed by atoms with Gasteiger partial charge in [-0.1, -0.05) is 49.7 Å². The van der Waals surface area contributed by atoms with Crippen LogP contribution in [0.5, 0.6) is 5.75 Å². The van der Waals surface area contributed by atoms with Crippen molar-refractivity contribution in [1.29, 1.82) is 0 Å². The lowest BCUT2D eigenvalue weighted by atomic mass is 9.90. The molecular formula is C24H25NO4S2. The number of sulfone groups is 1. The number of ether oxygens (including phenoxy) is 1. The largest absolute Gasteiger partial charge is 0.493 e.